The van der Waals surface area contributed by atoms with Gasteiger partial charge in [0, 0.05) is 12.1 Å². The van der Waals surface area contributed by atoms with Gasteiger partial charge in [0.2, 0.25) is 0 Å². The second-order valence-corrected chi connectivity index (χ2v) is 13.5. The van der Waals surface area contributed by atoms with Crippen LogP contribution in [-0.2, 0) is 23.7 Å². The van der Waals surface area contributed by atoms with Crippen LogP contribution in [0.15, 0.2) is 48.7 Å². The minimum atomic E-state index is -2.66. The minimum absolute atomic E-state index is 0.0273. The molecule has 6 N–H and O–H groups in total. The molecule has 2 aromatic rings. The molecule has 4 aliphatic rings. The van der Waals surface area contributed by atoms with Gasteiger partial charge in [-0.05, 0) is 38.1 Å². The molecule has 2 aliphatic carbocycles. The van der Waals surface area contributed by atoms with Crippen molar-refractivity contribution in [2.45, 2.75) is 87.0 Å². The number of benzene rings is 1. The quantitative estimate of drug-likeness (QED) is 0.181. The van der Waals surface area contributed by atoms with E-state index in [1.807, 2.05) is 0 Å². The summed E-state index contributed by atoms with van der Waals surface area (Å²) in [6, 6.07) is 10.7. The Morgan fingerprint density at radius 2 is 1.64 bits per heavy atom. The van der Waals surface area contributed by atoms with Crippen LogP contribution in [0, 0.1) is 17.3 Å². The van der Waals surface area contributed by atoms with Gasteiger partial charge in [0.1, 0.15) is 30.0 Å². The van der Waals surface area contributed by atoms with Crippen molar-refractivity contribution in [1.29, 1.82) is 0 Å². The smallest absolute Gasteiger partial charge is 0.340 e. The van der Waals surface area contributed by atoms with Crippen molar-refractivity contribution in [2.24, 2.45) is 17.3 Å². The highest BCUT2D eigenvalue weighted by molar-refractivity contribution is 5.91. The van der Waals surface area contributed by atoms with E-state index in [1.54, 1.807) is 25.1 Å². The number of aliphatic hydroxyl groups is 6. The van der Waals surface area contributed by atoms with E-state index in [9.17, 15) is 45.0 Å². The molecule has 3 heterocycles. The molecule has 13 atom stereocenters. The molecular weight excluding hydrogens is 618 g/mol. The Bertz CT molecular complexity index is 1570. The van der Waals surface area contributed by atoms with Gasteiger partial charge in [0.25, 0.3) is 0 Å². The van der Waals surface area contributed by atoms with E-state index in [-0.39, 0.29) is 16.8 Å². The highest BCUT2D eigenvalue weighted by Gasteiger charge is 2.88. The van der Waals surface area contributed by atoms with Crippen molar-refractivity contribution in [2.75, 3.05) is 13.2 Å². The van der Waals surface area contributed by atoms with Crippen molar-refractivity contribution >= 4 is 17.9 Å². The average Bonchev–Trinajstić information content (AvgIpc) is 3.29. The number of hydrogen-bond donors (Lipinski definition) is 6. The van der Waals surface area contributed by atoms with E-state index < -0.39 is 108 Å². The number of rotatable bonds is 3. The van der Waals surface area contributed by atoms with Gasteiger partial charge >= 0.3 is 17.9 Å². The highest BCUT2D eigenvalue weighted by atomic mass is 16.6. The molecule has 1 aromatic heterocycles. The van der Waals surface area contributed by atoms with Crippen LogP contribution < -0.4 is 0 Å². The summed E-state index contributed by atoms with van der Waals surface area (Å²) >= 11 is 0. The van der Waals surface area contributed by atoms with Crippen molar-refractivity contribution in [3.8, 4) is 0 Å². The normalized spacial score (nSPS) is 44.5. The molecule has 1 spiro atoms. The van der Waals surface area contributed by atoms with E-state index >= 15 is 0 Å². The lowest BCUT2D eigenvalue weighted by Gasteiger charge is -2.66. The van der Waals surface area contributed by atoms with Crippen molar-refractivity contribution in [3.05, 3.63) is 65.5 Å². The van der Waals surface area contributed by atoms with Gasteiger partial charge < -0.3 is 49.6 Å². The summed E-state index contributed by atoms with van der Waals surface area (Å²) in [6.07, 6.45) is -10.8. The Morgan fingerprint density at radius 1 is 0.979 bits per heavy atom. The summed E-state index contributed by atoms with van der Waals surface area (Å²) in [5.74, 6) is -6.04. The Hall–Kier alpha value is -3.50. The van der Waals surface area contributed by atoms with Crippen LogP contribution in [-0.4, -0.2) is 120 Å². The third-order valence-corrected chi connectivity index (χ3v) is 11.1. The molecule has 47 heavy (non-hydrogen) atoms. The lowest BCUT2D eigenvalue weighted by atomic mass is 9.45. The van der Waals surface area contributed by atoms with Gasteiger partial charge in [0.05, 0.1) is 59.0 Å². The number of aliphatic hydroxyl groups excluding tert-OH is 5. The maximum absolute atomic E-state index is 13.7. The summed E-state index contributed by atoms with van der Waals surface area (Å²) in [5, 5.41) is 70.4. The second-order valence-electron chi connectivity index (χ2n) is 13.5. The number of hydrogen-bond acceptors (Lipinski definition) is 14. The van der Waals surface area contributed by atoms with E-state index in [2.05, 4.69) is 4.98 Å². The minimum Gasteiger partial charge on any atom is -0.459 e. The summed E-state index contributed by atoms with van der Waals surface area (Å²) < 4.78 is 24.1. The zero-order chi connectivity index (χ0) is 34.3. The number of aromatic nitrogens is 1. The summed E-state index contributed by atoms with van der Waals surface area (Å²) in [7, 11) is 0. The molecule has 0 radical (unpaired) electrons. The monoisotopic (exact) mass is 657 g/mol. The van der Waals surface area contributed by atoms with E-state index in [1.165, 1.54) is 44.3 Å². The number of nitrogens with zero attached hydrogens (tertiary/aromatic N) is 1. The Morgan fingerprint density at radius 3 is 2.30 bits per heavy atom. The number of pyridine rings is 1. The molecule has 14 heteroatoms. The fourth-order valence-electron chi connectivity index (χ4n) is 8.40. The van der Waals surface area contributed by atoms with Crippen LogP contribution in [0.5, 0.6) is 0 Å². The number of carbonyl (C=O) groups excluding carboxylic acids is 3. The van der Waals surface area contributed by atoms with Crippen LogP contribution in [0.4, 0.5) is 0 Å². The summed E-state index contributed by atoms with van der Waals surface area (Å²) in [4.78, 5) is 45.3. The number of ether oxygens (including phenoxy) is 4. The second kappa shape index (κ2) is 11.3. The van der Waals surface area contributed by atoms with Crippen molar-refractivity contribution in [3.63, 3.8) is 0 Å². The maximum Gasteiger partial charge on any atom is 0.340 e. The molecule has 1 aromatic carbocycles. The number of fused-ring (bicyclic) bond motifs is 5. The summed E-state index contributed by atoms with van der Waals surface area (Å²) in [5.41, 5.74) is -9.40. The van der Waals surface area contributed by atoms with Crippen LogP contribution in [0.1, 0.15) is 60.0 Å². The number of carbonyl (C=O) groups is 3. The highest BCUT2D eigenvalue weighted by Crippen LogP contribution is 2.68. The summed E-state index contributed by atoms with van der Waals surface area (Å²) in [6.45, 7) is 3.76. The average molecular weight is 658 g/mol. The molecule has 1 saturated heterocycles. The molecular formula is C33H39NO13. The fourth-order valence-corrected chi connectivity index (χ4v) is 8.40. The van der Waals surface area contributed by atoms with E-state index in [0.717, 1.165) is 6.92 Å². The van der Waals surface area contributed by atoms with Gasteiger partial charge in [-0.15, -0.1) is 0 Å². The molecule has 0 amide bonds. The third kappa shape index (κ3) is 4.36. The van der Waals surface area contributed by atoms with Gasteiger partial charge in [0.15, 0.2) is 11.7 Å². The first kappa shape index (κ1) is 33.4. The van der Waals surface area contributed by atoms with E-state index in [4.69, 9.17) is 18.9 Å². The fraction of sp³-hybridized carbons (Fsp3) is 0.576. The Balaban J connectivity index is 1.61. The zero-order valence-electron chi connectivity index (χ0n) is 26.2. The first-order chi connectivity index (χ1) is 22.1. The predicted molar refractivity (Wildman–Crippen MR) is 158 cm³/mol. The molecule has 4 bridgehead atoms. The number of cyclic esters (lactones) is 1. The van der Waals surface area contributed by atoms with E-state index in [0.29, 0.717) is 0 Å². The van der Waals surface area contributed by atoms with Crippen LogP contribution in [0.3, 0.4) is 0 Å². The Kier molecular flexibility index (Phi) is 8.03. The number of esters is 3. The molecule has 254 valence electrons. The van der Waals surface area contributed by atoms with Gasteiger partial charge in [-0.25, -0.2) is 9.59 Å². The predicted octanol–water partition coefficient (Wildman–Crippen LogP) is -0.527. The Labute approximate surface area is 269 Å². The van der Waals surface area contributed by atoms with Crippen LogP contribution in [0.25, 0.3) is 0 Å². The largest absolute Gasteiger partial charge is 0.459 e. The molecule has 3 fully saturated rings. The molecule has 14 nitrogen and oxygen atoms in total. The first-order valence-corrected chi connectivity index (χ1v) is 15.4. The zero-order valence-corrected chi connectivity index (χ0v) is 26.2. The lowest BCUT2D eigenvalue weighted by molar-refractivity contribution is -0.385. The topological polar surface area (TPSA) is 222 Å². The van der Waals surface area contributed by atoms with Crippen LogP contribution in [0.2, 0.25) is 0 Å². The van der Waals surface area contributed by atoms with Crippen molar-refractivity contribution in [1.82, 2.24) is 4.98 Å². The molecule has 2 saturated carbocycles. The SMILES string of the molecule is CC1C(=O)OC2C(O)C(O)C3(CO)C(O)C(O)C4C(OC(=O)c5ccccc5)C3(OC4(C)COC(=O)c3cccnc3C1C)C2(C)O. The van der Waals surface area contributed by atoms with Gasteiger partial charge in [-0.1, -0.05) is 32.0 Å². The van der Waals surface area contributed by atoms with Gasteiger partial charge in [-0.2, -0.15) is 0 Å². The molecule has 13 unspecified atom stereocenters. The van der Waals surface area contributed by atoms with Crippen molar-refractivity contribution < 1.29 is 64.0 Å². The third-order valence-electron chi connectivity index (χ3n) is 11.1. The molecule has 6 rings (SSSR count). The maximum atomic E-state index is 13.7. The van der Waals surface area contributed by atoms with Gasteiger partial charge in [-0.3, -0.25) is 9.78 Å². The lowest BCUT2D eigenvalue weighted by Crippen LogP contribution is -2.88. The first-order valence-electron chi connectivity index (χ1n) is 15.4. The van der Waals surface area contributed by atoms with Crippen LogP contribution >= 0.6 is 0 Å². The molecule has 2 aliphatic heterocycles. The standard InChI is InChI=1S/C33H39NO13/c1-15-16(2)27(40)46-26-22(37)24(39)32(13-35)23(38)21(36)19-25(45-28(41)17-9-6-5-7-10-17)33(32,31(26,4)43)47-30(19,3)14-44-29(42)18-11-8-12-34-20(15)18/h5-12,15-16,19,21-26,35-39,43H,13-14H2,1-4H3.